The van der Waals surface area contributed by atoms with Gasteiger partial charge < -0.3 is 19.8 Å². The fourth-order valence-electron chi connectivity index (χ4n) is 2.90. The standard InChI is InChI=1S/C15H22N4O/c1-3-12-10-20-11(2)9-19(12)15-13(8-16)18-7-5-4-6-14(18)17-15/h4-7,11-12H,3,8-10,16H2,1-2H3. The Morgan fingerprint density at radius 1 is 1.45 bits per heavy atom. The number of hydrogen-bond acceptors (Lipinski definition) is 4. The molecule has 1 aliphatic heterocycles. The van der Waals surface area contributed by atoms with Crippen LogP contribution in [0.5, 0.6) is 0 Å². The first-order valence-electron chi connectivity index (χ1n) is 7.28. The fourth-order valence-corrected chi connectivity index (χ4v) is 2.90. The monoisotopic (exact) mass is 274 g/mol. The van der Waals surface area contributed by atoms with Crippen molar-refractivity contribution in [2.24, 2.45) is 5.73 Å². The van der Waals surface area contributed by atoms with Crippen molar-refractivity contribution in [1.29, 1.82) is 0 Å². The van der Waals surface area contributed by atoms with E-state index in [1.807, 2.05) is 24.4 Å². The van der Waals surface area contributed by atoms with E-state index in [-0.39, 0.29) is 6.10 Å². The third-order valence-corrected chi connectivity index (χ3v) is 4.01. The highest BCUT2D eigenvalue weighted by Gasteiger charge is 2.29. The molecule has 2 unspecified atom stereocenters. The third-order valence-electron chi connectivity index (χ3n) is 4.01. The van der Waals surface area contributed by atoms with Crippen LogP contribution in [0.4, 0.5) is 5.82 Å². The van der Waals surface area contributed by atoms with Gasteiger partial charge in [0, 0.05) is 19.3 Å². The van der Waals surface area contributed by atoms with Gasteiger partial charge in [-0.2, -0.15) is 0 Å². The van der Waals surface area contributed by atoms with Crippen LogP contribution in [0.15, 0.2) is 24.4 Å². The summed E-state index contributed by atoms with van der Waals surface area (Å²) in [7, 11) is 0. The summed E-state index contributed by atoms with van der Waals surface area (Å²) in [6, 6.07) is 6.41. The maximum Gasteiger partial charge on any atom is 0.152 e. The molecule has 3 heterocycles. The van der Waals surface area contributed by atoms with Gasteiger partial charge in [-0.1, -0.05) is 13.0 Å². The summed E-state index contributed by atoms with van der Waals surface area (Å²) in [6.45, 7) is 6.42. The van der Waals surface area contributed by atoms with Gasteiger partial charge in [0.2, 0.25) is 0 Å². The average molecular weight is 274 g/mol. The highest BCUT2D eigenvalue weighted by Crippen LogP contribution is 2.27. The Hall–Kier alpha value is -1.59. The Morgan fingerprint density at radius 3 is 3.05 bits per heavy atom. The lowest BCUT2D eigenvalue weighted by Crippen LogP contribution is -2.49. The largest absolute Gasteiger partial charge is 0.375 e. The van der Waals surface area contributed by atoms with Crippen molar-refractivity contribution in [3.05, 3.63) is 30.1 Å². The zero-order valence-corrected chi connectivity index (χ0v) is 12.1. The lowest BCUT2D eigenvalue weighted by molar-refractivity contribution is 0.0296. The Kier molecular flexibility index (Phi) is 3.63. The number of nitrogens with two attached hydrogens (primary N) is 1. The molecular weight excluding hydrogens is 252 g/mol. The maximum absolute atomic E-state index is 5.97. The predicted molar refractivity (Wildman–Crippen MR) is 79.9 cm³/mol. The molecule has 0 bridgehead atoms. The van der Waals surface area contributed by atoms with E-state index >= 15 is 0 Å². The van der Waals surface area contributed by atoms with Crippen LogP contribution in [0.25, 0.3) is 5.65 Å². The Bertz CT molecular complexity index is 595. The molecule has 1 fully saturated rings. The summed E-state index contributed by atoms with van der Waals surface area (Å²) in [4.78, 5) is 7.16. The minimum Gasteiger partial charge on any atom is -0.375 e. The summed E-state index contributed by atoms with van der Waals surface area (Å²) in [5, 5.41) is 0. The smallest absolute Gasteiger partial charge is 0.152 e. The van der Waals surface area contributed by atoms with E-state index in [0.29, 0.717) is 12.6 Å². The van der Waals surface area contributed by atoms with Gasteiger partial charge in [0.25, 0.3) is 0 Å². The second kappa shape index (κ2) is 5.42. The van der Waals surface area contributed by atoms with Gasteiger partial charge in [0.1, 0.15) is 5.65 Å². The molecule has 0 aliphatic carbocycles. The van der Waals surface area contributed by atoms with Crippen LogP contribution >= 0.6 is 0 Å². The van der Waals surface area contributed by atoms with Gasteiger partial charge in [0.05, 0.1) is 24.4 Å². The quantitative estimate of drug-likeness (QED) is 0.927. The molecule has 108 valence electrons. The number of pyridine rings is 1. The highest BCUT2D eigenvalue weighted by molar-refractivity contribution is 5.56. The lowest BCUT2D eigenvalue weighted by Gasteiger charge is -2.39. The van der Waals surface area contributed by atoms with E-state index in [1.165, 1.54) is 0 Å². The second-order valence-electron chi connectivity index (χ2n) is 5.37. The summed E-state index contributed by atoms with van der Waals surface area (Å²) >= 11 is 0. The van der Waals surface area contributed by atoms with E-state index < -0.39 is 0 Å². The van der Waals surface area contributed by atoms with Crippen molar-refractivity contribution in [2.75, 3.05) is 18.1 Å². The molecule has 20 heavy (non-hydrogen) atoms. The zero-order valence-electron chi connectivity index (χ0n) is 12.1. The van der Waals surface area contributed by atoms with Crippen molar-refractivity contribution in [3.8, 4) is 0 Å². The SMILES string of the molecule is CCC1COC(C)CN1c1nc2ccccn2c1CN. The number of ether oxygens (including phenoxy) is 1. The first-order valence-corrected chi connectivity index (χ1v) is 7.28. The predicted octanol–water partition coefficient (Wildman–Crippen LogP) is 1.80. The van der Waals surface area contributed by atoms with E-state index in [2.05, 4.69) is 23.1 Å². The van der Waals surface area contributed by atoms with E-state index in [1.54, 1.807) is 0 Å². The van der Waals surface area contributed by atoms with Crippen molar-refractivity contribution in [3.63, 3.8) is 0 Å². The van der Waals surface area contributed by atoms with Crippen molar-refractivity contribution >= 4 is 11.5 Å². The molecule has 2 aromatic rings. The highest BCUT2D eigenvalue weighted by atomic mass is 16.5. The van der Waals surface area contributed by atoms with Crippen molar-refractivity contribution < 1.29 is 4.74 Å². The summed E-state index contributed by atoms with van der Waals surface area (Å²) in [6.07, 6.45) is 3.30. The van der Waals surface area contributed by atoms with Gasteiger partial charge in [-0.25, -0.2) is 4.98 Å². The number of morpholine rings is 1. The first kappa shape index (κ1) is 13.4. The molecule has 3 rings (SSSR count). The molecule has 0 aromatic carbocycles. The third kappa shape index (κ3) is 2.17. The van der Waals surface area contributed by atoms with Crippen molar-refractivity contribution in [2.45, 2.75) is 39.0 Å². The molecule has 0 saturated carbocycles. The number of anilines is 1. The molecular formula is C15H22N4O. The molecule has 5 nitrogen and oxygen atoms in total. The second-order valence-corrected chi connectivity index (χ2v) is 5.37. The number of aromatic nitrogens is 2. The van der Waals surface area contributed by atoms with Gasteiger partial charge in [-0.3, -0.25) is 0 Å². The Morgan fingerprint density at radius 2 is 2.30 bits per heavy atom. The molecule has 1 saturated heterocycles. The number of imidazole rings is 1. The van der Waals surface area contributed by atoms with E-state index in [4.69, 9.17) is 15.5 Å². The average Bonchev–Trinajstić information content (AvgIpc) is 2.85. The first-order chi connectivity index (χ1) is 9.74. The molecule has 0 radical (unpaired) electrons. The number of hydrogen-bond donors (Lipinski definition) is 1. The minimum atomic E-state index is 0.230. The molecule has 2 aromatic heterocycles. The van der Waals surface area contributed by atoms with E-state index in [0.717, 1.165) is 36.7 Å². The van der Waals surface area contributed by atoms with E-state index in [9.17, 15) is 0 Å². The Labute approximate surface area is 119 Å². The number of fused-ring (bicyclic) bond motifs is 1. The zero-order chi connectivity index (χ0) is 14.1. The molecule has 0 spiro atoms. The normalized spacial score (nSPS) is 23.4. The van der Waals surface area contributed by atoms with Gasteiger partial charge in [-0.05, 0) is 25.5 Å². The molecule has 1 aliphatic rings. The van der Waals surface area contributed by atoms with Crippen LogP contribution in [0.2, 0.25) is 0 Å². The Balaban J connectivity index is 2.07. The van der Waals surface area contributed by atoms with Gasteiger partial charge >= 0.3 is 0 Å². The van der Waals surface area contributed by atoms with Crippen LogP contribution < -0.4 is 10.6 Å². The number of rotatable bonds is 3. The lowest BCUT2D eigenvalue weighted by atomic mass is 10.1. The number of nitrogens with zero attached hydrogens (tertiary/aromatic N) is 3. The molecule has 5 heteroatoms. The van der Waals surface area contributed by atoms with Crippen LogP contribution in [0, 0.1) is 0 Å². The van der Waals surface area contributed by atoms with Crippen molar-refractivity contribution in [1.82, 2.24) is 9.38 Å². The van der Waals surface area contributed by atoms with Crippen LogP contribution in [-0.2, 0) is 11.3 Å². The maximum atomic E-state index is 5.97. The topological polar surface area (TPSA) is 55.8 Å². The fraction of sp³-hybridized carbons (Fsp3) is 0.533. The van der Waals surface area contributed by atoms with Crippen LogP contribution in [-0.4, -0.2) is 34.7 Å². The van der Waals surface area contributed by atoms with Gasteiger partial charge in [-0.15, -0.1) is 0 Å². The molecule has 0 amide bonds. The van der Waals surface area contributed by atoms with Crippen LogP contribution in [0.1, 0.15) is 26.0 Å². The summed E-state index contributed by atoms with van der Waals surface area (Å²) in [5.41, 5.74) is 8.00. The summed E-state index contributed by atoms with van der Waals surface area (Å²) < 4.78 is 7.86. The minimum absolute atomic E-state index is 0.230. The van der Waals surface area contributed by atoms with Crippen LogP contribution in [0.3, 0.4) is 0 Å². The van der Waals surface area contributed by atoms with Gasteiger partial charge in [0.15, 0.2) is 5.82 Å². The summed E-state index contributed by atoms with van der Waals surface area (Å²) in [5.74, 6) is 1.01. The molecule has 2 atom stereocenters. The molecule has 2 N–H and O–H groups in total.